The smallest absolute Gasteiger partial charge is 0.185 e. The lowest BCUT2D eigenvalue weighted by molar-refractivity contribution is 0.304. The molecule has 0 aromatic carbocycles. The van der Waals surface area contributed by atoms with Gasteiger partial charge in [-0.3, -0.25) is 0 Å². The monoisotopic (exact) mass is 213 g/mol. The van der Waals surface area contributed by atoms with Crippen LogP contribution >= 0.6 is 11.3 Å². The number of hydrogen-bond acceptors (Lipinski definition) is 5. The molecule has 1 aliphatic heterocycles. The predicted octanol–water partition coefficient (Wildman–Crippen LogP) is 0.217. The summed E-state index contributed by atoms with van der Waals surface area (Å²) in [5.41, 5.74) is 1.23. The van der Waals surface area contributed by atoms with Gasteiger partial charge in [0.1, 0.15) is 0 Å². The third kappa shape index (κ3) is 1.89. The standard InChI is InChI=1S/C9H15N3OS/c1-12(4-5-13)9-11-7-2-3-10-6-8(7)14-9/h10,13H,2-6H2,1H3. The first-order valence-corrected chi connectivity index (χ1v) is 5.64. The summed E-state index contributed by atoms with van der Waals surface area (Å²) < 4.78 is 0. The Kier molecular flexibility index (Phi) is 3.00. The van der Waals surface area contributed by atoms with Crippen molar-refractivity contribution in [1.82, 2.24) is 10.3 Å². The van der Waals surface area contributed by atoms with Gasteiger partial charge < -0.3 is 15.3 Å². The zero-order valence-electron chi connectivity index (χ0n) is 8.29. The SMILES string of the molecule is CN(CCO)c1nc2c(s1)CNCC2. The van der Waals surface area contributed by atoms with Gasteiger partial charge in [0, 0.05) is 38.0 Å². The van der Waals surface area contributed by atoms with Crippen LogP contribution in [-0.4, -0.2) is 36.8 Å². The van der Waals surface area contributed by atoms with E-state index in [0.717, 1.165) is 24.6 Å². The van der Waals surface area contributed by atoms with Crippen molar-refractivity contribution in [2.45, 2.75) is 13.0 Å². The van der Waals surface area contributed by atoms with Crippen molar-refractivity contribution in [3.05, 3.63) is 10.6 Å². The van der Waals surface area contributed by atoms with Crippen molar-refractivity contribution in [2.24, 2.45) is 0 Å². The number of aromatic nitrogens is 1. The van der Waals surface area contributed by atoms with E-state index in [1.165, 1.54) is 10.6 Å². The molecule has 1 aromatic rings. The quantitative estimate of drug-likeness (QED) is 0.754. The van der Waals surface area contributed by atoms with Crippen molar-refractivity contribution in [2.75, 3.05) is 31.6 Å². The van der Waals surface area contributed by atoms with Crippen molar-refractivity contribution >= 4 is 16.5 Å². The maximum atomic E-state index is 8.82. The summed E-state index contributed by atoms with van der Waals surface area (Å²) in [5, 5.41) is 13.2. The van der Waals surface area contributed by atoms with E-state index in [9.17, 15) is 0 Å². The maximum absolute atomic E-state index is 8.82. The van der Waals surface area contributed by atoms with Gasteiger partial charge in [-0.2, -0.15) is 0 Å². The van der Waals surface area contributed by atoms with Gasteiger partial charge in [0.25, 0.3) is 0 Å². The zero-order chi connectivity index (χ0) is 9.97. The fourth-order valence-electron chi connectivity index (χ4n) is 1.52. The predicted molar refractivity (Wildman–Crippen MR) is 57.9 cm³/mol. The first-order valence-electron chi connectivity index (χ1n) is 4.82. The van der Waals surface area contributed by atoms with E-state index in [1.807, 2.05) is 11.9 Å². The number of fused-ring (bicyclic) bond motifs is 1. The fraction of sp³-hybridized carbons (Fsp3) is 0.667. The number of aliphatic hydroxyl groups is 1. The first kappa shape index (κ1) is 9.89. The Morgan fingerprint density at radius 2 is 2.50 bits per heavy atom. The van der Waals surface area contributed by atoms with Crippen LogP contribution in [0.25, 0.3) is 0 Å². The van der Waals surface area contributed by atoms with Crippen LogP contribution < -0.4 is 10.2 Å². The molecule has 2 rings (SSSR count). The van der Waals surface area contributed by atoms with E-state index in [-0.39, 0.29) is 6.61 Å². The molecule has 0 saturated carbocycles. The van der Waals surface area contributed by atoms with Crippen molar-refractivity contribution < 1.29 is 5.11 Å². The second-order valence-electron chi connectivity index (χ2n) is 3.44. The Bertz CT molecular complexity index is 290. The largest absolute Gasteiger partial charge is 0.395 e. The first-order chi connectivity index (χ1) is 6.81. The molecule has 0 spiro atoms. The Morgan fingerprint density at radius 3 is 3.21 bits per heavy atom. The number of thiazole rings is 1. The summed E-state index contributed by atoms with van der Waals surface area (Å²) in [6.45, 7) is 2.80. The number of aliphatic hydroxyl groups excluding tert-OH is 1. The number of rotatable bonds is 3. The summed E-state index contributed by atoms with van der Waals surface area (Å²) in [6, 6.07) is 0. The summed E-state index contributed by atoms with van der Waals surface area (Å²) in [7, 11) is 1.97. The normalized spacial score (nSPS) is 15.3. The van der Waals surface area contributed by atoms with E-state index in [0.29, 0.717) is 6.54 Å². The third-order valence-corrected chi connectivity index (χ3v) is 3.56. The molecule has 1 aromatic heterocycles. The van der Waals surface area contributed by atoms with Gasteiger partial charge in [-0.05, 0) is 0 Å². The summed E-state index contributed by atoms with van der Waals surface area (Å²) >= 11 is 1.72. The molecule has 0 radical (unpaired) electrons. The van der Waals surface area contributed by atoms with Crippen LogP contribution in [0.5, 0.6) is 0 Å². The van der Waals surface area contributed by atoms with Gasteiger partial charge in [-0.1, -0.05) is 0 Å². The van der Waals surface area contributed by atoms with Crippen molar-refractivity contribution in [3.63, 3.8) is 0 Å². The fourth-order valence-corrected chi connectivity index (χ4v) is 2.58. The highest BCUT2D eigenvalue weighted by molar-refractivity contribution is 7.15. The minimum absolute atomic E-state index is 0.180. The van der Waals surface area contributed by atoms with Gasteiger partial charge in [0.05, 0.1) is 12.3 Å². The molecule has 0 bridgehead atoms. The summed E-state index contributed by atoms with van der Waals surface area (Å²) in [4.78, 5) is 7.91. The van der Waals surface area contributed by atoms with Gasteiger partial charge in [-0.25, -0.2) is 4.98 Å². The van der Waals surface area contributed by atoms with Gasteiger partial charge in [0.15, 0.2) is 5.13 Å². The van der Waals surface area contributed by atoms with Crippen molar-refractivity contribution in [3.8, 4) is 0 Å². The van der Waals surface area contributed by atoms with Crippen molar-refractivity contribution in [1.29, 1.82) is 0 Å². The van der Waals surface area contributed by atoms with Crippen LogP contribution in [0.4, 0.5) is 5.13 Å². The highest BCUT2D eigenvalue weighted by atomic mass is 32.1. The Balaban J connectivity index is 2.15. The van der Waals surface area contributed by atoms with Crippen LogP contribution in [0.15, 0.2) is 0 Å². The number of nitrogens with zero attached hydrogens (tertiary/aromatic N) is 2. The van der Waals surface area contributed by atoms with Gasteiger partial charge in [0.2, 0.25) is 0 Å². The molecule has 5 heteroatoms. The average Bonchev–Trinajstić information content (AvgIpc) is 2.61. The second kappa shape index (κ2) is 4.25. The number of anilines is 1. The molecule has 14 heavy (non-hydrogen) atoms. The Labute approximate surface area is 87.6 Å². The van der Waals surface area contributed by atoms with Gasteiger partial charge >= 0.3 is 0 Å². The molecular formula is C9H15N3OS. The molecule has 0 amide bonds. The molecular weight excluding hydrogens is 198 g/mol. The molecule has 0 atom stereocenters. The number of hydrogen-bond donors (Lipinski definition) is 2. The van der Waals surface area contributed by atoms with Crippen LogP contribution in [-0.2, 0) is 13.0 Å². The lowest BCUT2D eigenvalue weighted by atomic mass is 10.2. The average molecular weight is 213 g/mol. The molecule has 0 unspecified atom stereocenters. The molecule has 2 heterocycles. The van der Waals surface area contributed by atoms with Crippen LogP contribution in [0.3, 0.4) is 0 Å². The Hall–Kier alpha value is -0.650. The molecule has 4 nitrogen and oxygen atoms in total. The number of nitrogens with one attached hydrogen (secondary N) is 1. The van der Waals surface area contributed by atoms with E-state index < -0.39 is 0 Å². The molecule has 0 fully saturated rings. The minimum Gasteiger partial charge on any atom is -0.395 e. The van der Waals surface area contributed by atoms with E-state index in [4.69, 9.17) is 5.11 Å². The topological polar surface area (TPSA) is 48.4 Å². The van der Waals surface area contributed by atoms with Crippen LogP contribution in [0, 0.1) is 0 Å². The molecule has 0 saturated heterocycles. The van der Waals surface area contributed by atoms with E-state index in [1.54, 1.807) is 11.3 Å². The molecule has 2 N–H and O–H groups in total. The maximum Gasteiger partial charge on any atom is 0.185 e. The zero-order valence-corrected chi connectivity index (χ0v) is 9.10. The lowest BCUT2D eigenvalue weighted by Gasteiger charge is -2.12. The molecule has 1 aliphatic rings. The number of likely N-dealkylation sites (N-methyl/N-ethyl adjacent to an activating group) is 1. The summed E-state index contributed by atoms with van der Waals surface area (Å²) in [6.07, 6.45) is 1.03. The highest BCUT2D eigenvalue weighted by Gasteiger charge is 2.16. The summed E-state index contributed by atoms with van der Waals surface area (Å²) in [5.74, 6) is 0. The Morgan fingerprint density at radius 1 is 1.64 bits per heavy atom. The van der Waals surface area contributed by atoms with E-state index in [2.05, 4.69) is 10.3 Å². The van der Waals surface area contributed by atoms with Gasteiger partial charge in [-0.15, -0.1) is 11.3 Å². The van der Waals surface area contributed by atoms with E-state index >= 15 is 0 Å². The van der Waals surface area contributed by atoms with Crippen LogP contribution in [0.2, 0.25) is 0 Å². The lowest BCUT2D eigenvalue weighted by Crippen LogP contribution is -2.22. The second-order valence-corrected chi connectivity index (χ2v) is 4.50. The van der Waals surface area contributed by atoms with Crippen LogP contribution in [0.1, 0.15) is 10.6 Å². The highest BCUT2D eigenvalue weighted by Crippen LogP contribution is 2.27. The third-order valence-electron chi connectivity index (χ3n) is 2.35. The molecule has 78 valence electrons. The minimum atomic E-state index is 0.180. The molecule has 0 aliphatic carbocycles.